The van der Waals surface area contributed by atoms with Gasteiger partial charge in [0, 0.05) is 11.0 Å². The van der Waals surface area contributed by atoms with Crippen LogP contribution in [-0.4, -0.2) is 48.0 Å². The third-order valence-electron chi connectivity index (χ3n) is 3.41. The van der Waals surface area contributed by atoms with E-state index in [1.165, 1.54) is 18.9 Å². The van der Waals surface area contributed by atoms with Gasteiger partial charge in [0.2, 0.25) is 0 Å². The van der Waals surface area contributed by atoms with Crippen molar-refractivity contribution in [1.82, 2.24) is 4.90 Å². The predicted molar refractivity (Wildman–Crippen MR) is 108 cm³/mol. The minimum absolute atomic E-state index is 0.113. The van der Waals surface area contributed by atoms with E-state index in [9.17, 15) is 9.59 Å². The third kappa shape index (κ3) is 4.77. The Morgan fingerprint density at radius 2 is 2.00 bits per heavy atom. The summed E-state index contributed by atoms with van der Waals surface area (Å²) in [5.74, 6) is 0.272. The molecule has 9 heteroatoms. The van der Waals surface area contributed by atoms with E-state index in [1.54, 1.807) is 23.1 Å². The quantitative estimate of drug-likeness (QED) is 0.350. The number of rotatable bonds is 7. The molecule has 1 aliphatic rings. The zero-order valence-corrected chi connectivity index (χ0v) is 17.8. The summed E-state index contributed by atoms with van der Waals surface area (Å²) in [5.41, 5.74) is 0.746. The van der Waals surface area contributed by atoms with Gasteiger partial charge in [0.1, 0.15) is 4.32 Å². The summed E-state index contributed by atoms with van der Waals surface area (Å²) < 4.78 is 16.9. The Morgan fingerprint density at radius 3 is 2.58 bits per heavy atom. The number of methoxy groups -OCH3 is 1. The molecule has 1 saturated heterocycles. The average molecular weight is 460 g/mol. The van der Waals surface area contributed by atoms with Crippen LogP contribution >= 0.6 is 39.9 Å². The second kappa shape index (κ2) is 9.38. The van der Waals surface area contributed by atoms with Crippen molar-refractivity contribution >= 4 is 62.2 Å². The predicted octanol–water partition coefficient (Wildman–Crippen LogP) is 3.62. The Kier molecular flexibility index (Phi) is 7.48. The van der Waals surface area contributed by atoms with Crippen LogP contribution in [-0.2, 0) is 14.3 Å². The van der Waals surface area contributed by atoms with E-state index in [1.807, 2.05) is 13.8 Å². The molecule has 0 unspecified atom stereocenters. The number of likely N-dealkylation sites (N-methyl/N-ethyl adjacent to an activating group) is 1. The van der Waals surface area contributed by atoms with Crippen molar-refractivity contribution in [2.45, 2.75) is 13.8 Å². The van der Waals surface area contributed by atoms with E-state index < -0.39 is 5.97 Å². The molecule has 0 aromatic heterocycles. The largest absolute Gasteiger partial charge is 0.490 e. The number of hydrogen-bond donors (Lipinski definition) is 0. The monoisotopic (exact) mass is 459 g/mol. The lowest BCUT2D eigenvalue weighted by atomic mass is 10.2. The molecular formula is C17H18BrNO5S2. The molecule has 0 saturated carbocycles. The van der Waals surface area contributed by atoms with Crippen molar-refractivity contribution in [2.75, 3.05) is 26.9 Å². The van der Waals surface area contributed by atoms with Gasteiger partial charge in [0.05, 0.1) is 18.6 Å². The van der Waals surface area contributed by atoms with Crippen LogP contribution < -0.4 is 9.47 Å². The molecule has 1 aliphatic heterocycles. The van der Waals surface area contributed by atoms with Gasteiger partial charge in [0.25, 0.3) is 5.91 Å². The number of nitrogens with zero attached hydrogens (tertiary/aromatic N) is 1. The van der Waals surface area contributed by atoms with Crippen LogP contribution in [0.1, 0.15) is 19.4 Å². The number of thioether (sulfide) groups is 1. The molecule has 1 fully saturated rings. The molecule has 0 aliphatic carbocycles. The Hall–Kier alpha value is -1.58. The topological polar surface area (TPSA) is 65.1 Å². The Morgan fingerprint density at radius 1 is 1.31 bits per heavy atom. The number of benzene rings is 1. The maximum absolute atomic E-state index is 12.4. The minimum atomic E-state index is -0.490. The van der Waals surface area contributed by atoms with Crippen molar-refractivity contribution in [2.24, 2.45) is 0 Å². The van der Waals surface area contributed by atoms with Crippen LogP contribution in [0.15, 0.2) is 21.5 Å². The number of hydrogen-bond acceptors (Lipinski definition) is 7. The van der Waals surface area contributed by atoms with E-state index in [0.717, 1.165) is 5.56 Å². The fourth-order valence-electron chi connectivity index (χ4n) is 2.15. The summed E-state index contributed by atoms with van der Waals surface area (Å²) in [6, 6.07) is 3.44. The number of carbonyl (C=O) groups excluding carboxylic acids is 2. The Labute approximate surface area is 170 Å². The zero-order chi connectivity index (χ0) is 19.3. The van der Waals surface area contributed by atoms with Crippen LogP contribution in [0.3, 0.4) is 0 Å². The van der Waals surface area contributed by atoms with Crippen molar-refractivity contribution in [3.8, 4) is 11.5 Å². The van der Waals surface area contributed by atoms with Gasteiger partial charge in [-0.05, 0) is 37.6 Å². The van der Waals surface area contributed by atoms with E-state index >= 15 is 0 Å². The third-order valence-corrected chi connectivity index (χ3v) is 5.48. The van der Waals surface area contributed by atoms with Crippen molar-refractivity contribution in [1.29, 1.82) is 0 Å². The highest BCUT2D eigenvalue weighted by Gasteiger charge is 2.30. The van der Waals surface area contributed by atoms with E-state index in [2.05, 4.69) is 20.7 Å². The van der Waals surface area contributed by atoms with Crippen molar-refractivity contribution in [3.63, 3.8) is 0 Å². The van der Waals surface area contributed by atoms with E-state index in [4.69, 9.17) is 21.7 Å². The molecule has 1 heterocycles. The highest BCUT2D eigenvalue weighted by molar-refractivity contribution is 9.10. The molecule has 0 bridgehead atoms. The molecule has 2 rings (SSSR count). The second-order valence-electron chi connectivity index (χ2n) is 5.04. The molecule has 0 atom stereocenters. The van der Waals surface area contributed by atoms with Gasteiger partial charge in [-0.25, -0.2) is 4.79 Å². The molecular weight excluding hydrogens is 442 g/mol. The molecule has 1 aromatic carbocycles. The summed E-state index contributed by atoms with van der Waals surface area (Å²) in [6.07, 6.45) is 1.76. The minimum Gasteiger partial charge on any atom is -0.490 e. The van der Waals surface area contributed by atoms with Gasteiger partial charge in [-0.15, -0.1) is 0 Å². The van der Waals surface area contributed by atoms with Crippen LogP contribution in [0.5, 0.6) is 11.5 Å². The van der Waals surface area contributed by atoms with Crippen LogP contribution in [0.4, 0.5) is 0 Å². The normalized spacial score (nSPS) is 15.5. The number of ether oxygens (including phenoxy) is 3. The highest BCUT2D eigenvalue weighted by atomic mass is 79.9. The molecule has 6 nitrogen and oxygen atoms in total. The Bertz CT molecular complexity index is 766. The van der Waals surface area contributed by atoms with Gasteiger partial charge in [0.15, 0.2) is 18.1 Å². The summed E-state index contributed by atoms with van der Waals surface area (Å²) in [4.78, 5) is 25.8. The first-order valence-electron chi connectivity index (χ1n) is 7.82. The zero-order valence-electron chi connectivity index (χ0n) is 14.5. The standard InChI is InChI=1S/C17H18BrNO5S2/c1-4-19-16(21)14(26-17(19)25)7-10-6-12(23-5-2)13(8-11(10)18)24-9-15(20)22-3/h6-8H,4-5,9H2,1-3H3/b14-7-. The van der Waals surface area contributed by atoms with Gasteiger partial charge in [-0.2, -0.15) is 0 Å². The molecule has 0 N–H and O–H groups in total. The first kappa shape index (κ1) is 20.7. The SMILES string of the molecule is CCOc1cc(/C=C2\SC(=S)N(CC)C2=O)c(Br)cc1OCC(=O)OC. The lowest BCUT2D eigenvalue weighted by Gasteiger charge is -2.13. The number of thiocarbonyl (C=S) groups is 1. The van der Waals surface area contributed by atoms with Crippen LogP contribution in [0, 0.1) is 0 Å². The number of halogens is 1. The lowest BCUT2D eigenvalue weighted by molar-refractivity contribution is -0.142. The first-order valence-corrected chi connectivity index (χ1v) is 9.84. The number of esters is 1. The van der Waals surface area contributed by atoms with Crippen LogP contribution in [0.25, 0.3) is 6.08 Å². The smallest absolute Gasteiger partial charge is 0.343 e. The van der Waals surface area contributed by atoms with Crippen molar-refractivity contribution < 1.29 is 23.8 Å². The first-order chi connectivity index (χ1) is 12.4. The lowest BCUT2D eigenvalue weighted by Crippen LogP contribution is -2.27. The van der Waals surface area contributed by atoms with Gasteiger partial charge >= 0.3 is 5.97 Å². The van der Waals surface area contributed by atoms with Gasteiger partial charge < -0.3 is 14.2 Å². The second-order valence-corrected chi connectivity index (χ2v) is 7.57. The maximum atomic E-state index is 12.4. The molecule has 0 radical (unpaired) electrons. The fourth-order valence-corrected chi connectivity index (χ4v) is 3.96. The molecule has 0 spiro atoms. The summed E-state index contributed by atoms with van der Waals surface area (Å²) in [5, 5.41) is 0. The maximum Gasteiger partial charge on any atom is 0.343 e. The number of carbonyl (C=O) groups is 2. The van der Waals surface area contributed by atoms with Gasteiger partial charge in [-0.3, -0.25) is 9.69 Å². The summed E-state index contributed by atoms with van der Waals surface area (Å²) in [6.45, 7) is 4.46. The van der Waals surface area contributed by atoms with E-state index in [0.29, 0.717) is 38.3 Å². The number of amides is 1. The van der Waals surface area contributed by atoms with E-state index in [-0.39, 0.29) is 12.5 Å². The summed E-state index contributed by atoms with van der Waals surface area (Å²) >= 11 is 9.96. The fraction of sp³-hybridized carbons (Fsp3) is 0.353. The highest BCUT2D eigenvalue weighted by Crippen LogP contribution is 2.38. The molecule has 1 aromatic rings. The Balaban J connectivity index is 2.34. The van der Waals surface area contributed by atoms with Crippen molar-refractivity contribution in [3.05, 3.63) is 27.1 Å². The molecule has 26 heavy (non-hydrogen) atoms. The summed E-state index contributed by atoms with van der Waals surface area (Å²) in [7, 11) is 1.29. The van der Waals surface area contributed by atoms with Gasteiger partial charge in [-0.1, -0.05) is 39.9 Å². The average Bonchev–Trinajstić information content (AvgIpc) is 2.89. The van der Waals surface area contributed by atoms with Crippen LogP contribution in [0.2, 0.25) is 0 Å². The molecule has 1 amide bonds. The molecule has 140 valence electrons.